The number of hydrogen-bond donors (Lipinski definition) is 0. The number of ketones is 1. The van der Waals surface area contributed by atoms with E-state index in [1.165, 1.54) is 164 Å². The monoisotopic (exact) mass is 1280 g/mol. The molecule has 484 valence electrons. The first-order valence-electron chi connectivity index (χ1n) is 36.3. The molecular formula is C93H84N2O3. The van der Waals surface area contributed by atoms with Gasteiger partial charge in [-0.2, -0.15) is 0 Å². The molecule has 2 heterocycles. The van der Waals surface area contributed by atoms with Crippen LogP contribution in [0.2, 0.25) is 0 Å². The molecule has 2 atom stereocenters. The van der Waals surface area contributed by atoms with Gasteiger partial charge in [0, 0.05) is 44.8 Å². The molecule has 2 saturated heterocycles. The van der Waals surface area contributed by atoms with Crippen molar-refractivity contribution in [2.24, 2.45) is 0 Å². The number of carbonyl (C=O) groups is 1. The second-order valence-electron chi connectivity index (χ2n) is 28.0. The van der Waals surface area contributed by atoms with Gasteiger partial charge >= 0.3 is 0 Å². The van der Waals surface area contributed by atoms with Crippen molar-refractivity contribution in [1.29, 1.82) is 0 Å². The molecule has 2 unspecified atom stereocenters. The molecule has 5 nitrogen and oxygen atoms in total. The minimum Gasteiger partial charge on any atom is -0.379 e. The average molecular weight is 1280 g/mol. The van der Waals surface area contributed by atoms with E-state index in [4.69, 9.17) is 9.47 Å². The molecule has 19 rings (SSSR count). The zero-order valence-corrected chi connectivity index (χ0v) is 56.4. The number of morpholine rings is 2. The number of ether oxygens (including phenoxy) is 2. The number of Topliss-reactive ketones (excluding diaryl/α,β-unsaturated/α-hetero) is 1. The molecule has 5 heteroatoms. The van der Waals surface area contributed by atoms with Gasteiger partial charge in [-0.1, -0.05) is 256 Å². The number of carbonyl (C=O) groups excluding carboxylic acids is 1. The van der Waals surface area contributed by atoms with E-state index in [1.807, 2.05) is 30.3 Å². The summed E-state index contributed by atoms with van der Waals surface area (Å²) in [7, 11) is 0. The van der Waals surface area contributed by atoms with Crippen molar-refractivity contribution in [3.63, 3.8) is 0 Å². The maximum absolute atomic E-state index is 13.5. The third kappa shape index (κ3) is 11.7. The summed E-state index contributed by atoms with van der Waals surface area (Å²) in [4.78, 5) is 18.5. The predicted octanol–water partition coefficient (Wildman–Crippen LogP) is 21.8. The summed E-state index contributed by atoms with van der Waals surface area (Å²) in [6.45, 7) is 12.0. The highest BCUT2D eigenvalue weighted by Crippen LogP contribution is 2.54. The highest BCUT2D eigenvalue weighted by molar-refractivity contribution is 6.33. The van der Waals surface area contributed by atoms with Crippen molar-refractivity contribution in [2.75, 3.05) is 65.7 Å². The molecule has 2 aliphatic heterocycles. The Hall–Kier alpha value is -9.59. The van der Waals surface area contributed by atoms with Crippen molar-refractivity contribution in [2.45, 2.75) is 76.5 Å². The Kier molecular flexibility index (Phi) is 17.3. The minimum atomic E-state index is -0.159. The Labute approximate surface area is 576 Å². The molecule has 12 aromatic carbocycles. The molecule has 0 N–H and O–H groups in total. The second kappa shape index (κ2) is 27.4. The lowest BCUT2D eigenvalue weighted by Gasteiger charge is -2.34. The summed E-state index contributed by atoms with van der Waals surface area (Å²) in [6.07, 6.45) is 22.4. The van der Waals surface area contributed by atoms with E-state index in [0.29, 0.717) is 5.92 Å². The van der Waals surface area contributed by atoms with Crippen LogP contribution in [0.1, 0.15) is 135 Å². The molecule has 2 fully saturated rings. The molecule has 0 amide bonds. The maximum Gasteiger partial charge on any atom is 0.174 e. The highest BCUT2D eigenvalue weighted by Gasteiger charge is 2.34. The zero-order valence-electron chi connectivity index (χ0n) is 56.4. The Morgan fingerprint density at radius 3 is 1.67 bits per heavy atom. The summed E-state index contributed by atoms with van der Waals surface area (Å²) in [5, 5.41) is 16.4. The van der Waals surface area contributed by atoms with Crippen molar-refractivity contribution < 1.29 is 14.3 Å². The number of allylic oxidation sites excluding steroid dienone is 6. The van der Waals surface area contributed by atoms with Crippen molar-refractivity contribution in [1.82, 2.24) is 9.80 Å². The van der Waals surface area contributed by atoms with E-state index >= 15 is 0 Å². The van der Waals surface area contributed by atoms with Crippen LogP contribution >= 0.6 is 0 Å². The predicted molar refractivity (Wildman–Crippen MR) is 413 cm³/mol. The van der Waals surface area contributed by atoms with Crippen LogP contribution in [-0.4, -0.2) is 81.3 Å². The summed E-state index contributed by atoms with van der Waals surface area (Å²) in [6, 6.07) is 79.0. The van der Waals surface area contributed by atoms with Crippen LogP contribution in [0.25, 0.3) is 105 Å². The molecule has 0 aromatic heterocycles. The van der Waals surface area contributed by atoms with Gasteiger partial charge in [0.2, 0.25) is 0 Å². The number of unbranched alkanes of at least 4 members (excludes halogenated alkanes) is 2. The molecule has 5 aliphatic carbocycles. The van der Waals surface area contributed by atoms with Crippen LogP contribution in [0.4, 0.5) is 0 Å². The molecule has 0 bridgehead atoms. The van der Waals surface area contributed by atoms with Gasteiger partial charge in [0.25, 0.3) is 0 Å². The van der Waals surface area contributed by atoms with E-state index in [9.17, 15) is 4.79 Å². The first-order chi connectivity index (χ1) is 48.5. The van der Waals surface area contributed by atoms with Gasteiger partial charge in [0.15, 0.2) is 5.78 Å². The minimum absolute atomic E-state index is 0.159. The lowest BCUT2D eigenvalue weighted by Crippen LogP contribution is -2.36. The number of hydrogen-bond acceptors (Lipinski definition) is 5. The number of fused-ring (bicyclic) bond motifs is 8. The number of benzene rings is 12. The third-order valence-electron chi connectivity index (χ3n) is 22.3. The fraction of sp³-hybridized carbons (Fsp3) is 0.237. The molecule has 98 heavy (non-hydrogen) atoms. The normalized spacial score (nSPS) is 18.4. The van der Waals surface area contributed by atoms with E-state index < -0.39 is 0 Å². The van der Waals surface area contributed by atoms with Gasteiger partial charge in [-0.05, 0) is 217 Å². The topological polar surface area (TPSA) is 42.0 Å². The van der Waals surface area contributed by atoms with Crippen LogP contribution in [0.15, 0.2) is 237 Å². The first kappa shape index (κ1) is 62.0. The average Bonchev–Trinajstić information content (AvgIpc) is 0.991. The van der Waals surface area contributed by atoms with Crippen LogP contribution in [0.3, 0.4) is 0 Å². The summed E-state index contributed by atoms with van der Waals surface area (Å²) in [5.74, 6) is 0.642. The van der Waals surface area contributed by atoms with E-state index in [-0.39, 0.29) is 11.7 Å². The van der Waals surface area contributed by atoms with Crippen LogP contribution in [-0.2, 0) is 22.3 Å². The van der Waals surface area contributed by atoms with Gasteiger partial charge in [-0.15, -0.1) is 0 Å². The fourth-order valence-electron chi connectivity index (χ4n) is 17.5. The van der Waals surface area contributed by atoms with Crippen LogP contribution in [0.5, 0.6) is 0 Å². The van der Waals surface area contributed by atoms with Gasteiger partial charge in [-0.25, -0.2) is 0 Å². The van der Waals surface area contributed by atoms with E-state index in [1.54, 1.807) is 5.56 Å². The standard InChI is InChI=1S/C42H35NO.C26H25NO.C25H24O/c1-2-10-32-30(23-27(31(32)9-1)17-18-43-19-21-44-22-20-43)25-37-36-14-5-7-26-15-16-29-24-28-8-6-13-34-33-11-3-4-12-35(33)41(37)42(39(28)34)40(29)38(26)36;1-2-9-24-20(6-1)7-5-8-21(24)18-23-19-22(25-10-3-4-11-26(23)25)12-13-27-14-16-28-17-15-27;1-2-3-4-11-19-17-24(22-15-8-7-14-21(19)22)25(26)23-16-9-12-18-10-5-6-13-20(18)23/h1-14,23,25,29H,15-22,24H2;1-11,18-19H,12-17H2;5-10,12-17,24H,2-4,11H2,1H3/b30-25+;23-18+;. The molecule has 0 radical (unpaired) electrons. The smallest absolute Gasteiger partial charge is 0.174 e. The molecule has 0 spiro atoms. The Bertz CT molecular complexity index is 5270. The summed E-state index contributed by atoms with van der Waals surface area (Å²) >= 11 is 0. The summed E-state index contributed by atoms with van der Waals surface area (Å²) in [5.41, 5.74) is 23.1. The van der Waals surface area contributed by atoms with Crippen molar-refractivity contribution in [3.8, 4) is 0 Å². The van der Waals surface area contributed by atoms with Crippen molar-refractivity contribution >= 4 is 110 Å². The molecular weight excluding hydrogens is 1190 g/mol. The number of aryl methyl sites for hydroxylation is 1. The Morgan fingerprint density at radius 1 is 0.449 bits per heavy atom. The van der Waals surface area contributed by atoms with Crippen LogP contribution in [0, 0.1) is 0 Å². The number of nitrogens with zero attached hydrogens (tertiary/aromatic N) is 2. The molecule has 12 aromatic rings. The second-order valence-corrected chi connectivity index (χ2v) is 28.0. The number of rotatable bonds is 14. The van der Waals surface area contributed by atoms with Crippen molar-refractivity contribution in [3.05, 3.63) is 303 Å². The lowest BCUT2D eigenvalue weighted by atomic mass is 9.69. The van der Waals surface area contributed by atoms with Crippen LogP contribution < -0.4 is 0 Å². The third-order valence-corrected chi connectivity index (χ3v) is 22.3. The maximum atomic E-state index is 13.5. The first-order valence-corrected chi connectivity index (χ1v) is 36.3. The summed E-state index contributed by atoms with van der Waals surface area (Å²) < 4.78 is 11.1. The SMILES string of the molecule is C1=C(CCN2CCOCC2)c2ccccc2/C1=C/c1c2cccc3c2c2c4c5c(cccc5c5ccccc5c14)CC2CC3.C1=C(CCN2CCOCC2)c2ccccc2/C1=C/c1cccc2ccccc12.CCCCCC1=CC(C(=O)c2cccc3ccccc23)c2ccccc21. The Balaban J connectivity index is 0.000000117. The van der Waals surface area contributed by atoms with Gasteiger partial charge in [0.05, 0.1) is 32.3 Å². The van der Waals surface area contributed by atoms with E-state index in [0.717, 1.165) is 113 Å². The molecule has 7 aliphatic rings. The van der Waals surface area contributed by atoms with Gasteiger partial charge in [0.1, 0.15) is 0 Å². The van der Waals surface area contributed by atoms with Gasteiger partial charge in [-0.3, -0.25) is 14.6 Å². The lowest BCUT2D eigenvalue weighted by molar-refractivity contribution is 0.0389. The Morgan fingerprint density at radius 2 is 0.980 bits per heavy atom. The van der Waals surface area contributed by atoms with E-state index in [2.05, 4.69) is 235 Å². The zero-order chi connectivity index (χ0) is 65.5. The molecule has 0 saturated carbocycles. The van der Waals surface area contributed by atoms with Gasteiger partial charge < -0.3 is 9.47 Å². The highest BCUT2D eigenvalue weighted by atomic mass is 16.5. The fourth-order valence-corrected chi connectivity index (χ4v) is 17.5. The quantitative estimate of drug-likeness (QED) is 0.0470. The largest absolute Gasteiger partial charge is 0.379 e.